The second-order valence-corrected chi connectivity index (χ2v) is 7.32. The minimum atomic E-state index is -0.329. The molecule has 0 fully saturated rings. The summed E-state index contributed by atoms with van der Waals surface area (Å²) in [4.78, 5) is 0. The summed E-state index contributed by atoms with van der Waals surface area (Å²) in [7, 11) is 0. The Hall–Kier alpha value is -1.30. The smallest absolute Gasteiger partial charge is 0.153 e. The highest BCUT2D eigenvalue weighted by Gasteiger charge is 2.20. The molecule has 0 aliphatic heterocycles. The van der Waals surface area contributed by atoms with Gasteiger partial charge in [0.2, 0.25) is 0 Å². The highest BCUT2D eigenvalue weighted by atomic mass is 127. The molecule has 0 saturated carbocycles. The van der Waals surface area contributed by atoms with Gasteiger partial charge in [0.05, 0.1) is 9.26 Å². The van der Waals surface area contributed by atoms with Crippen molar-refractivity contribution in [1.29, 1.82) is 0 Å². The summed E-state index contributed by atoms with van der Waals surface area (Å²) in [5, 5.41) is 0. The predicted octanol–water partition coefficient (Wildman–Crippen LogP) is 5.41. The van der Waals surface area contributed by atoms with Gasteiger partial charge in [-0.1, -0.05) is 32.9 Å². The standard InChI is InChI=1S/C17H19FINO/c1-10-5-6-11(17(2,3)4)15(7-10)21-16-8-12(18)13(19)9-14(16)20/h5-9H,20H2,1-4H3. The summed E-state index contributed by atoms with van der Waals surface area (Å²) >= 11 is 1.91. The zero-order chi connectivity index (χ0) is 15.8. The molecule has 0 radical (unpaired) electrons. The lowest BCUT2D eigenvalue weighted by Crippen LogP contribution is -2.12. The molecular formula is C17H19FINO. The summed E-state index contributed by atoms with van der Waals surface area (Å²) in [6.45, 7) is 8.34. The maximum Gasteiger partial charge on any atom is 0.153 e. The number of nitrogen functional groups attached to an aromatic ring is 1. The van der Waals surface area contributed by atoms with E-state index in [4.69, 9.17) is 10.5 Å². The number of rotatable bonds is 2. The van der Waals surface area contributed by atoms with Crippen molar-refractivity contribution in [2.75, 3.05) is 5.73 Å². The van der Waals surface area contributed by atoms with Gasteiger partial charge in [-0.3, -0.25) is 0 Å². The second kappa shape index (κ2) is 5.83. The van der Waals surface area contributed by atoms with Gasteiger partial charge in [0.15, 0.2) is 5.75 Å². The van der Waals surface area contributed by atoms with Gasteiger partial charge in [0.25, 0.3) is 0 Å². The van der Waals surface area contributed by atoms with Gasteiger partial charge < -0.3 is 10.5 Å². The first kappa shape index (κ1) is 16.1. The quantitative estimate of drug-likeness (QED) is 0.541. The van der Waals surface area contributed by atoms with Crippen LogP contribution in [0.1, 0.15) is 31.9 Å². The van der Waals surface area contributed by atoms with Gasteiger partial charge in [-0.25, -0.2) is 4.39 Å². The van der Waals surface area contributed by atoms with Gasteiger partial charge >= 0.3 is 0 Å². The molecule has 0 aromatic heterocycles. The van der Waals surface area contributed by atoms with E-state index in [0.29, 0.717) is 15.0 Å². The molecule has 0 unspecified atom stereocenters. The van der Waals surface area contributed by atoms with Crippen LogP contribution in [0.4, 0.5) is 10.1 Å². The number of aryl methyl sites for hydroxylation is 1. The van der Waals surface area contributed by atoms with E-state index in [1.165, 1.54) is 6.07 Å². The summed E-state index contributed by atoms with van der Waals surface area (Å²) in [5.74, 6) is 0.739. The van der Waals surface area contributed by atoms with Crippen LogP contribution in [-0.2, 0) is 5.41 Å². The average molecular weight is 399 g/mol. The topological polar surface area (TPSA) is 35.2 Å². The summed E-state index contributed by atoms with van der Waals surface area (Å²) < 4.78 is 20.1. The first-order valence-corrected chi connectivity index (χ1v) is 7.80. The third-order valence-corrected chi connectivity index (χ3v) is 4.04. The van der Waals surface area contributed by atoms with E-state index >= 15 is 0 Å². The van der Waals surface area contributed by atoms with Crippen LogP contribution in [0.3, 0.4) is 0 Å². The van der Waals surface area contributed by atoms with Gasteiger partial charge in [-0.15, -0.1) is 0 Å². The summed E-state index contributed by atoms with van der Waals surface area (Å²) in [5.41, 5.74) is 8.45. The Bertz CT molecular complexity index is 677. The number of anilines is 1. The number of nitrogens with two attached hydrogens (primary N) is 1. The monoisotopic (exact) mass is 399 g/mol. The van der Waals surface area contributed by atoms with Crippen LogP contribution >= 0.6 is 22.6 Å². The molecule has 0 amide bonds. The van der Waals surface area contributed by atoms with E-state index < -0.39 is 0 Å². The highest BCUT2D eigenvalue weighted by molar-refractivity contribution is 14.1. The minimum Gasteiger partial charge on any atom is -0.455 e. The molecule has 2 aromatic rings. The van der Waals surface area contributed by atoms with Crippen molar-refractivity contribution in [1.82, 2.24) is 0 Å². The lowest BCUT2D eigenvalue weighted by atomic mass is 9.86. The van der Waals surface area contributed by atoms with Gasteiger partial charge in [0.1, 0.15) is 11.6 Å². The highest BCUT2D eigenvalue weighted by Crippen LogP contribution is 2.37. The van der Waals surface area contributed by atoms with Crippen molar-refractivity contribution in [3.8, 4) is 11.5 Å². The Kier molecular flexibility index (Phi) is 4.46. The van der Waals surface area contributed by atoms with E-state index in [1.807, 2.05) is 47.7 Å². The van der Waals surface area contributed by atoms with Crippen molar-refractivity contribution >= 4 is 28.3 Å². The molecule has 112 valence electrons. The molecule has 0 aliphatic rings. The van der Waals surface area contributed by atoms with Crippen LogP contribution in [-0.4, -0.2) is 0 Å². The molecule has 2 nitrogen and oxygen atoms in total. The van der Waals surface area contributed by atoms with E-state index in [-0.39, 0.29) is 11.2 Å². The molecule has 0 spiro atoms. The molecule has 0 bridgehead atoms. The first-order valence-electron chi connectivity index (χ1n) is 6.72. The fourth-order valence-electron chi connectivity index (χ4n) is 2.08. The molecule has 2 rings (SSSR count). The third-order valence-electron chi connectivity index (χ3n) is 3.22. The molecule has 21 heavy (non-hydrogen) atoms. The SMILES string of the molecule is Cc1ccc(C(C)(C)C)c(Oc2cc(F)c(I)cc2N)c1. The van der Waals surface area contributed by atoms with Crippen molar-refractivity contribution in [2.24, 2.45) is 0 Å². The number of benzene rings is 2. The predicted molar refractivity (Wildman–Crippen MR) is 93.5 cm³/mol. The van der Waals surface area contributed by atoms with E-state index in [0.717, 1.165) is 16.9 Å². The van der Waals surface area contributed by atoms with Gasteiger partial charge in [-0.2, -0.15) is 0 Å². The number of halogens is 2. The van der Waals surface area contributed by atoms with Crippen LogP contribution in [0.15, 0.2) is 30.3 Å². The Balaban J connectivity index is 2.49. The largest absolute Gasteiger partial charge is 0.455 e. The molecule has 0 aliphatic carbocycles. The Morgan fingerprint density at radius 2 is 1.76 bits per heavy atom. The Morgan fingerprint density at radius 1 is 1.10 bits per heavy atom. The van der Waals surface area contributed by atoms with E-state index in [2.05, 4.69) is 20.8 Å². The van der Waals surface area contributed by atoms with Crippen LogP contribution in [0, 0.1) is 16.3 Å². The Morgan fingerprint density at radius 3 is 2.38 bits per heavy atom. The number of hydrogen-bond acceptors (Lipinski definition) is 2. The fraction of sp³-hybridized carbons (Fsp3) is 0.294. The molecule has 0 atom stereocenters. The number of ether oxygens (including phenoxy) is 1. The maximum absolute atomic E-state index is 13.7. The van der Waals surface area contributed by atoms with Crippen molar-refractivity contribution in [3.05, 3.63) is 50.8 Å². The second-order valence-electron chi connectivity index (χ2n) is 6.16. The normalized spacial score (nSPS) is 11.5. The summed E-state index contributed by atoms with van der Waals surface area (Å²) in [6.07, 6.45) is 0. The fourth-order valence-corrected chi connectivity index (χ4v) is 2.58. The molecule has 0 heterocycles. The molecular weight excluding hydrogens is 380 g/mol. The van der Waals surface area contributed by atoms with Crippen LogP contribution in [0.25, 0.3) is 0 Å². The lowest BCUT2D eigenvalue weighted by Gasteiger charge is -2.23. The molecule has 0 saturated heterocycles. The number of hydrogen-bond donors (Lipinski definition) is 1. The average Bonchev–Trinajstić information content (AvgIpc) is 2.34. The van der Waals surface area contributed by atoms with Gasteiger partial charge in [-0.05, 0) is 52.6 Å². The molecule has 2 aromatic carbocycles. The zero-order valence-electron chi connectivity index (χ0n) is 12.6. The first-order chi connectivity index (χ1) is 9.68. The van der Waals surface area contributed by atoms with E-state index in [9.17, 15) is 4.39 Å². The summed E-state index contributed by atoms with van der Waals surface area (Å²) in [6, 6.07) is 8.97. The van der Waals surface area contributed by atoms with Crippen molar-refractivity contribution in [2.45, 2.75) is 33.1 Å². The zero-order valence-corrected chi connectivity index (χ0v) is 14.8. The minimum absolute atomic E-state index is 0.0699. The lowest BCUT2D eigenvalue weighted by molar-refractivity contribution is 0.452. The van der Waals surface area contributed by atoms with Crippen LogP contribution in [0.2, 0.25) is 0 Å². The molecule has 2 N–H and O–H groups in total. The Labute approximate surface area is 138 Å². The van der Waals surface area contributed by atoms with Gasteiger partial charge in [0, 0.05) is 11.6 Å². The van der Waals surface area contributed by atoms with E-state index in [1.54, 1.807) is 6.07 Å². The maximum atomic E-state index is 13.7. The third kappa shape index (κ3) is 3.67. The van der Waals surface area contributed by atoms with Crippen molar-refractivity contribution < 1.29 is 9.13 Å². The van der Waals surface area contributed by atoms with Crippen LogP contribution in [0.5, 0.6) is 11.5 Å². The van der Waals surface area contributed by atoms with Crippen LogP contribution < -0.4 is 10.5 Å². The molecule has 4 heteroatoms. The van der Waals surface area contributed by atoms with Crippen molar-refractivity contribution in [3.63, 3.8) is 0 Å².